The van der Waals surface area contributed by atoms with Crippen molar-refractivity contribution >= 4 is 0 Å². The van der Waals surface area contributed by atoms with E-state index in [-0.39, 0.29) is 6.10 Å². The molecule has 31 heavy (non-hydrogen) atoms. The maximum absolute atomic E-state index is 10.7. The van der Waals surface area contributed by atoms with Gasteiger partial charge in [-0.25, -0.2) is 0 Å². The van der Waals surface area contributed by atoms with E-state index in [4.69, 9.17) is 0 Å². The number of rotatable bonds is 0. The summed E-state index contributed by atoms with van der Waals surface area (Å²) in [5.74, 6) is 3.02. The minimum atomic E-state index is -0.0781. The van der Waals surface area contributed by atoms with Crippen molar-refractivity contribution in [2.45, 2.75) is 132 Å². The zero-order chi connectivity index (χ0) is 22.7. The average Bonchev–Trinajstić information content (AvgIpc) is 2.69. The van der Waals surface area contributed by atoms with Gasteiger partial charge in [0.2, 0.25) is 0 Å². The predicted molar refractivity (Wildman–Crippen MR) is 131 cm³/mol. The zero-order valence-corrected chi connectivity index (χ0v) is 22.1. The summed E-state index contributed by atoms with van der Waals surface area (Å²) in [4.78, 5) is 0. The molecule has 5 fully saturated rings. The first-order valence-corrected chi connectivity index (χ1v) is 13.9. The molecule has 5 rings (SSSR count). The van der Waals surface area contributed by atoms with Crippen LogP contribution in [-0.4, -0.2) is 11.2 Å². The Bertz CT molecular complexity index is 741. The van der Waals surface area contributed by atoms with Crippen molar-refractivity contribution in [3.05, 3.63) is 0 Å². The van der Waals surface area contributed by atoms with Gasteiger partial charge in [0.15, 0.2) is 0 Å². The summed E-state index contributed by atoms with van der Waals surface area (Å²) in [5, 5.41) is 10.7. The molecular weight excluding hydrogens is 376 g/mol. The van der Waals surface area contributed by atoms with E-state index in [1.807, 2.05) is 0 Å². The Balaban J connectivity index is 1.54. The fourth-order valence-corrected chi connectivity index (χ4v) is 11.4. The van der Waals surface area contributed by atoms with Gasteiger partial charge in [-0.3, -0.25) is 0 Å². The van der Waals surface area contributed by atoms with E-state index in [0.717, 1.165) is 24.2 Å². The van der Waals surface area contributed by atoms with Crippen LogP contribution in [0.4, 0.5) is 0 Å². The highest BCUT2D eigenvalue weighted by Crippen LogP contribution is 2.78. The molecule has 5 aliphatic rings. The van der Waals surface area contributed by atoms with Crippen LogP contribution in [0.2, 0.25) is 0 Å². The highest BCUT2D eigenvalue weighted by atomic mass is 16.3. The lowest BCUT2D eigenvalue weighted by atomic mass is 9.30. The van der Waals surface area contributed by atoms with Crippen LogP contribution in [0.5, 0.6) is 0 Å². The third-order valence-electron chi connectivity index (χ3n) is 13.9. The highest BCUT2D eigenvalue weighted by Gasteiger charge is 2.70. The molecule has 5 saturated carbocycles. The molecular formula is C30H52O. The van der Waals surface area contributed by atoms with Crippen LogP contribution in [0, 0.1) is 56.2 Å². The van der Waals surface area contributed by atoms with Crippen LogP contribution in [0.15, 0.2) is 0 Å². The zero-order valence-electron chi connectivity index (χ0n) is 22.1. The van der Waals surface area contributed by atoms with E-state index in [0.29, 0.717) is 38.4 Å². The van der Waals surface area contributed by atoms with E-state index in [9.17, 15) is 5.11 Å². The molecule has 0 amide bonds. The van der Waals surface area contributed by atoms with Gasteiger partial charge in [0, 0.05) is 0 Å². The van der Waals surface area contributed by atoms with Gasteiger partial charge in [-0.1, -0.05) is 55.4 Å². The number of fused-ring (bicyclic) bond motifs is 7. The molecule has 0 saturated heterocycles. The lowest BCUT2D eigenvalue weighted by molar-refractivity contribution is -0.263. The second kappa shape index (κ2) is 6.55. The van der Waals surface area contributed by atoms with E-state index in [1.165, 1.54) is 64.2 Å². The summed E-state index contributed by atoms with van der Waals surface area (Å²) < 4.78 is 0. The minimum absolute atomic E-state index is 0.0781. The second-order valence-electron chi connectivity index (χ2n) is 15.5. The average molecular weight is 429 g/mol. The lowest BCUT2D eigenvalue weighted by Gasteiger charge is -2.75. The first-order valence-electron chi connectivity index (χ1n) is 13.9. The predicted octanol–water partition coefficient (Wildman–Crippen LogP) is 8.25. The molecule has 0 spiro atoms. The first-order chi connectivity index (χ1) is 14.2. The van der Waals surface area contributed by atoms with Crippen LogP contribution in [-0.2, 0) is 0 Å². The summed E-state index contributed by atoms with van der Waals surface area (Å²) in [6.45, 7) is 20.9. The standard InChI is InChI=1S/C30H52O/c1-20-21(31)9-10-22-27(20,5)12-11-23-28(22,6)16-18-30(8)24-19-25(2,3)13-14-26(24,4)15-17-29(23,30)7/h20-24,31H,9-19H2,1-8H3/t20-,21-,22-,23+,24+,26+,27+,28-,29+,30-/m0/s1. The van der Waals surface area contributed by atoms with Crippen LogP contribution in [0.25, 0.3) is 0 Å². The third kappa shape index (κ3) is 2.77. The number of aliphatic hydroxyl groups excluding tert-OH is 1. The number of hydrogen-bond acceptors (Lipinski definition) is 1. The minimum Gasteiger partial charge on any atom is -0.393 e. The van der Waals surface area contributed by atoms with Crippen molar-refractivity contribution in [1.29, 1.82) is 0 Å². The Kier molecular flexibility index (Phi) is 4.80. The van der Waals surface area contributed by atoms with Crippen LogP contribution in [0.1, 0.15) is 126 Å². The SMILES string of the molecule is C[C@H]1[C@@H](O)CC[C@@H]2[C@]3(C)CC[C@@]4(C)[C@@H]5CC(C)(C)CC[C@]5(C)CC[C@]4(C)[C@@H]3CC[C@@]21C. The Labute approximate surface area is 193 Å². The van der Waals surface area contributed by atoms with Crippen molar-refractivity contribution in [2.24, 2.45) is 56.2 Å². The van der Waals surface area contributed by atoms with Gasteiger partial charge in [0.05, 0.1) is 6.10 Å². The van der Waals surface area contributed by atoms with Crippen molar-refractivity contribution in [1.82, 2.24) is 0 Å². The number of hydrogen-bond donors (Lipinski definition) is 1. The molecule has 1 N–H and O–H groups in total. The lowest BCUT2D eigenvalue weighted by Crippen LogP contribution is -2.67. The topological polar surface area (TPSA) is 20.2 Å². The Morgan fingerprint density at radius 3 is 1.90 bits per heavy atom. The van der Waals surface area contributed by atoms with Crippen molar-refractivity contribution in [3.8, 4) is 0 Å². The fraction of sp³-hybridized carbons (Fsp3) is 1.00. The van der Waals surface area contributed by atoms with Gasteiger partial charge in [-0.05, 0) is 127 Å². The molecule has 5 aliphatic carbocycles. The summed E-state index contributed by atoms with van der Waals surface area (Å²) in [6.07, 6.45) is 15.1. The molecule has 0 aromatic heterocycles. The van der Waals surface area contributed by atoms with E-state index in [1.54, 1.807) is 0 Å². The molecule has 0 aliphatic heterocycles. The van der Waals surface area contributed by atoms with Crippen molar-refractivity contribution < 1.29 is 5.11 Å². The first kappa shape index (κ1) is 22.7. The maximum Gasteiger partial charge on any atom is 0.0571 e. The normalized spacial score (nSPS) is 60.9. The monoisotopic (exact) mass is 428 g/mol. The van der Waals surface area contributed by atoms with Crippen molar-refractivity contribution in [2.75, 3.05) is 0 Å². The van der Waals surface area contributed by atoms with Gasteiger partial charge in [-0.15, -0.1) is 0 Å². The van der Waals surface area contributed by atoms with E-state index in [2.05, 4.69) is 55.4 Å². The number of aliphatic hydroxyl groups is 1. The fourth-order valence-electron chi connectivity index (χ4n) is 11.4. The van der Waals surface area contributed by atoms with Gasteiger partial charge in [0.25, 0.3) is 0 Å². The van der Waals surface area contributed by atoms with Gasteiger partial charge in [-0.2, -0.15) is 0 Å². The summed E-state index contributed by atoms with van der Waals surface area (Å²) in [6, 6.07) is 0. The van der Waals surface area contributed by atoms with Crippen LogP contribution in [0.3, 0.4) is 0 Å². The Hall–Kier alpha value is -0.0400. The van der Waals surface area contributed by atoms with Gasteiger partial charge in [0.1, 0.15) is 0 Å². The van der Waals surface area contributed by atoms with Crippen molar-refractivity contribution in [3.63, 3.8) is 0 Å². The summed E-state index contributed by atoms with van der Waals surface area (Å²) >= 11 is 0. The second-order valence-corrected chi connectivity index (χ2v) is 15.5. The highest BCUT2D eigenvalue weighted by molar-refractivity contribution is 5.19. The molecule has 0 unspecified atom stereocenters. The molecule has 0 aromatic carbocycles. The Morgan fingerprint density at radius 2 is 1.19 bits per heavy atom. The quantitative estimate of drug-likeness (QED) is 0.412. The Morgan fingerprint density at radius 1 is 0.581 bits per heavy atom. The molecule has 1 heteroatoms. The molecule has 0 radical (unpaired) electrons. The molecule has 0 aromatic rings. The van der Waals surface area contributed by atoms with Crippen LogP contribution < -0.4 is 0 Å². The van der Waals surface area contributed by atoms with E-state index >= 15 is 0 Å². The maximum atomic E-state index is 10.7. The largest absolute Gasteiger partial charge is 0.393 e. The van der Waals surface area contributed by atoms with Gasteiger partial charge < -0.3 is 5.11 Å². The molecule has 0 heterocycles. The molecule has 178 valence electrons. The van der Waals surface area contributed by atoms with E-state index < -0.39 is 0 Å². The molecule has 1 nitrogen and oxygen atoms in total. The molecule has 0 bridgehead atoms. The molecule has 10 atom stereocenters. The smallest absolute Gasteiger partial charge is 0.0571 e. The van der Waals surface area contributed by atoms with Crippen LogP contribution >= 0.6 is 0 Å². The summed E-state index contributed by atoms with van der Waals surface area (Å²) in [5.41, 5.74) is 2.88. The summed E-state index contributed by atoms with van der Waals surface area (Å²) in [7, 11) is 0. The third-order valence-corrected chi connectivity index (χ3v) is 13.9. The van der Waals surface area contributed by atoms with Gasteiger partial charge >= 0.3 is 0 Å².